The molecule has 0 saturated heterocycles. The number of aliphatic hydroxyl groups is 1. The highest BCUT2D eigenvalue weighted by atomic mass is 19.3. The fourth-order valence-electron chi connectivity index (χ4n) is 4.01. The van der Waals surface area contributed by atoms with Gasteiger partial charge in [-0.05, 0) is 24.8 Å². The van der Waals surface area contributed by atoms with Crippen LogP contribution in [0.1, 0.15) is 43.5 Å². The van der Waals surface area contributed by atoms with Gasteiger partial charge in [0.1, 0.15) is 12.4 Å². The van der Waals surface area contributed by atoms with Gasteiger partial charge in [-0.1, -0.05) is 30.3 Å². The Morgan fingerprint density at radius 1 is 1.34 bits per heavy atom. The third-order valence-corrected chi connectivity index (χ3v) is 5.94. The number of ether oxygens (including phenoxy) is 1. The van der Waals surface area contributed by atoms with Gasteiger partial charge in [0, 0.05) is 25.7 Å². The summed E-state index contributed by atoms with van der Waals surface area (Å²) >= 11 is 0. The van der Waals surface area contributed by atoms with Gasteiger partial charge in [-0.3, -0.25) is 0 Å². The Kier molecular flexibility index (Phi) is 6.36. The molecule has 1 heterocycles. The van der Waals surface area contributed by atoms with E-state index in [0.29, 0.717) is 12.0 Å². The molecule has 1 aliphatic carbocycles. The highest BCUT2D eigenvalue weighted by Gasteiger charge is 2.54. The van der Waals surface area contributed by atoms with E-state index < -0.39 is 29.8 Å². The number of hydrogen-bond acceptors (Lipinski definition) is 3. The number of imidazole rings is 1. The molecular formula is C22H29F2N2O3+. The smallest absolute Gasteiger partial charge is 0.343 e. The number of rotatable bonds is 8. The first kappa shape index (κ1) is 21.4. The second kappa shape index (κ2) is 8.61. The standard InChI is InChI=1S/C22H29F2N2O3/c1-17-25(2)13-14-26(17)12-6-7-15-29-20(27)22(28,18-8-4-3-5-9-18)19-10-11-21(23,24)16-19/h3-5,8-9,13-14,19,28H,6-7,10-12,15-16H2,1-2H3/q+1/t19-,22+/m1/s1. The van der Waals surface area contributed by atoms with E-state index in [1.54, 1.807) is 30.3 Å². The molecule has 5 nitrogen and oxygen atoms in total. The van der Waals surface area contributed by atoms with Gasteiger partial charge < -0.3 is 9.84 Å². The fraction of sp³-hybridized carbons (Fsp3) is 0.545. The highest BCUT2D eigenvalue weighted by Crippen LogP contribution is 2.47. The minimum Gasteiger partial charge on any atom is -0.463 e. The second-order valence-electron chi connectivity index (χ2n) is 7.92. The van der Waals surface area contributed by atoms with Gasteiger partial charge in [-0.25, -0.2) is 22.7 Å². The summed E-state index contributed by atoms with van der Waals surface area (Å²) in [5.41, 5.74) is -1.74. The molecule has 2 atom stereocenters. The zero-order valence-electron chi connectivity index (χ0n) is 17.0. The van der Waals surface area contributed by atoms with Crippen molar-refractivity contribution in [2.24, 2.45) is 13.0 Å². The van der Waals surface area contributed by atoms with Crippen molar-refractivity contribution in [2.45, 2.75) is 57.1 Å². The van der Waals surface area contributed by atoms with Gasteiger partial charge in [-0.15, -0.1) is 0 Å². The normalized spacial score (nSPS) is 20.4. The number of alkyl halides is 2. The average Bonchev–Trinajstić information content (AvgIpc) is 3.23. The molecule has 0 unspecified atom stereocenters. The molecule has 7 heteroatoms. The Balaban J connectivity index is 1.61. The first-order valence-electron chi connectivity index (χ1n) is 10.1. The maximum absolute atomic E-state index is 13.8. The highest BCUT2D eigenvalue weighted by molar-refractivity contribution is 5.81. The Morgan fingerprint density at radius 2 is 2.07 bits per heavy atom. The largest absolute Gasteiger partial charge is 0.463 e. The summed E-state index contributed by atoms with van der Waals surface area (Å²) in [6, 6.07) is 8.29. The lowest BCUT2D eigenvalue weighted by Crippen LogP contribution is -2.44. The fourth-order valence-corrected chi connectivity index (χ4v) is 4.01. The van der Waals surface area contributed by atoms with Crippen LogP contribution < -0.4 is 4.57 Å². The first-order chi connectivity index (χ1) is 13.7. The summed E-state index contributed by atoms with van der Waals surface area (Å²) < 4.78 is 37.1. The predicted molar refractivity (Wildman–Crippen MR) is 103 cm³/mol. The number of esters is 1. The monoisotopic (exact) mass is 407 g/mol. The van der Waals surface area contributed by atoms with Crippen molar-refractivity contribution in [3.05, 3.63) is 54.1 Å². The van der Waals surface area contributed by atoms with Crippen molar-refractivity contribution < 1.29 is 28.0 Å². The predicted octanol–water partition coefficient (Wildman–Crippen LogP) is 3.27. The van der Waals surface area contributed by atoms with Gasteiger partial charge in [0.2, 0.25) is 5.92 Å². The maximum atomic E-state index is 13.8. The summed E-state index contributed by atoms with van der Waals surface area (Å²) in [5, 5.41) is 11.2. The van der Waals surface area contributed by atoms with E-state index in [4.69, 9.17) is 4.74 Å². The van der Waals surface area contributed by atoms with Crippen LogP contribution >= 0.6 is 0 Å². The molecule has 2 aromatic rings. The summed E-state index contributed by atoms with van der Waals surface area (Å²) in [7, 11) is 1.98. The van der Waals surface area contributed by atoms with Crippen LogP contribution in [0.25, 0.3) is 0 Å². The molecule has 3 rings (SSSR count). The van der Waals surface area contributed by atoms with Crippen LogP contribution in [0.5, 0.6) is 0 Å². The van der Waals surface area contributed by atoms with E-state index >= 15 is 0 Å². The van der Waals surface area contributed by atoms with Crippen LogP contribution in [0.4, 0.5) is 8.78 Å². The Hall–Kier alpha value is -2.28. The topological polar surface area (TPSA) is 55.3 Å². The number of unbranched alkanes of at least 4 members (excludes halogenated alkanes) is 1. The molecule has 29 heavy (non-hydrogen) atoms. The van der Waals surface area contributed by atoms with E-state index in [2.05, 4.69) is 4.57 Å². The number of nitrogens with zero attached hydrogens (tertiary/aromatic N) is 2. The number of carbonyl (C=O) groups excluding carboxylic acids is 1. The van der Waals surface area contributed by atoms with Crippen molar-refractivity contribution in [3.8, 4) is 0 Å². The number of benzene rings is 1. The molecule has 1 aliphatic rings. The third kappa shape index (κ3) is 4.66. The zero-order chi connectivity index (χ0) is 21.1. The minimum absolute atomic E-state index is 0.0808. The van der Waals surface area contributed by atoms with E-state index in [1.165, 1.54) is 0 Å². The summed E-state index contributed by atoms with van der Waals surface area (Å²) in [5.74, 6) is -3.44. The Bertz CT molecular complexity index is 838. The number of aromatic nitrogens is 2. The van der Waals surface area contributed by atoms with Crippen molar-refractivity contribution in [3.63, 3.8) is 0 Å². The number of carbonyl (C=O) groups is 1. The van der Waals surface area contributed by atoms with Crippen LogP contribution in [-0.4, -0.2) is 28.2 Å². The lowest BCUT2D eigenvalue weighted by molar-refractivity contribution is -0.677. The molecule has 1 saturated carbocycles. The lowest BCUT2D eigenvalue weighted by atomic mass is 9.80. The zero-order valence-corrected chi connectivity index (χ0v) is 17.0. The molecule has 0 aliphatic heterocycles. The van der Waals surface area contributed by atoms with E-state index in [9.17, 15) is 18.7 Å². The van der Waals surface area contributed by atoms with Gasteiger partial charge >= 0.3 is 5.97 Å². The Morgan fingerprint density at radius 3 is 2.66 bits per heavy atom. The van der Waals surface area contributed by atoms with Crippen molar-refractivity contribution in [2.75, 3.05) is 6.61 Å². The summed E-state index contributed by atoms with van der Waals surface area (Å²) in [4.78, 5) is 12.8. The van der Waals surface area contributed by atoms with Crippen molar-refractivity contribution >= 4 is 5.97 Å². The van der Waals surface area contributed by atoms with Crippen molar-refractivity contribution in [1.82, 2.24) is 4.57 Å². The van der Waals surface area contributed by atoms with Crippen LogP contribution in [0.15, 0.2) is 42.7 Å². The average molecular weight is 407 g/mol. The number of hydrogen-bond donors (Lipinski definition) is 1. The van der Waals surface area contributed by atoms with Gasteiger partial charge in [0.15, 0.2) is 5.60 Å². The van der Waals surface area contributed by atoms with Crippen LogP contribution in [0, 0.1) is 12.8 Å². The number of aryl methyl sites for hydroxylation is 2. The SMILES string of the molecule is Cc1n(CCCCOC(=O)[C@](O)(c2ccccc2)[C@@H]2CCC(F)(F)C2)cc[n+]1C. The van der Waals surface area contributed by atoms with Gasteiger partial charge in [-0.2, -0.15) is 0 Å². The van der Waals surface area contributed by atoms with Crippen LogP contribution in [0.2, 0.25) is 0 Å². The molecule has 1 N–H and O–H groups in total. The maximum Gasteiger partial charge on any atom is 0.343 e. The summed E-state index contributed by atoms with van der Waals surface area (Å²) in [6.45, 7) is 2.96. The molecule has 1 fully saturated rings. The Labute approximate surface area is 169 Å². The van der Waals surface area contributed by atoms with Gasteiger partial charge in [0.05, 0.1) is 20.2 Å². The lowest BCUT2D eigenvalue weighted by Gasteiger charge is -2.32. The molecule has 1 aromatic carbocycles. The van der Waals surface area contributed by atoms with Crippen LogP contribution in [-0.2, 0) is 28.7 Å². The molecular weight excluding hydrogens is 378 g/mol. The molecule has 0 bridgehead atoms. The third-order valence-electron chi connectivity index (χ3n) is 5.94. The van der Waals surface area contributed by atoms with E-state index in [1.807, 2.05) is 30.9 Å². The number of halogens is 2. The molecule has 0 spiro atoms. The first-order valence-corrected chi connectivity index (χ1v) is 10.1. The van der Waals surface area contributed by atoms with Crippen molar-refractivity contribution in [1.29, 1.82) is 0 Å². The van der Waals surface area contributed by atoms with Crippen LogP contribution in [0.3, 0.4) is 0 Å². The van der Waals surface area contributed by atoms with E-state index in [-0.39, 0.29) is 19.4 Å². The summed E-state index contributed by atoms with van der Waals surface area (Å²) in [6.07, 6.45) is 4.64. The van der Waals surface area contributed by atoms with Gasteiger partial charge in [0.25, 0.3) is 5.82 Å². The molecule has 0 radical (unpaired) electrons. The molecule has 1 aromatic heterocycles. The quantitative estimate of drug-likeness (QED) is 0.415. The van der Waals surface area contributed by atoms with E-state index in [0.717, 1.165) is 18.8 Å². The molecule has 158 valence electrons. The minimum atomic E-state index is -2.86. The second-order valence-corrected chi connectivity index (χ2v) is 7.92. The molecule has 0 amide bonds.